The van der Waals surface area contributed by atoms with Crippen LogP contribution in [0, 0.1) is 6.92 Å². The first-order chi connectivity index (χ1) is 12.6. The minimum absolute atomic E-state index is 0.635. The topological polar surface area (TPSA) is 62.6 Å². The van der Waals surface area contributed by atoms with E-state index in [-0.39, 0.29) is 0 Å². The highest BCUT2D eigenvalue weighted by Gasteiger charge is 2.08. The zero-order valence-electron chi connectivity index (χ0n) is 14.6. The van der Waals surface area contributed by atoms with Crippen molar-refractivity contribution in [1.29, 1.82) is 0 Å². The number of nitrogens with one attached hydrogen (secondary N) is 1. The van der Waals surface area contributed by atoms with Gasteiger partial charge in [-0.3, -0.25) is 4.90 Å². The van der Waals surface area contributed by atoms with Crippen molar-refractivity contribution in [1.82, 2.24) is 30.1 Å². The van der Waals surface area contributed by atoms with Gasteiger partial charge in [-0.25, -0.2) is 4.68 Å². The zero-order chi connectivity index (χ0) is 18.1. The standard InChI is InChI=1S/C19H19ClN6/c1-13-7-17(26-12-16(20)9-21-26)5-4-15(13)11-25(2)10-14-3-6-18-19(8-14)23-24-22-18/h3-9,12H,10-11H2,1-2H3,(H,22,23,24). The van der Waals surface area contributed by atoms with Crippen LogP contribution in [-0.4, -0.2) is 37.1 Å². The van der Waals surface area contributed by atoms with E-state index in [1.165, 1.54) is 16.7 Å². The number of aromatic amines is 1. The van der Waals surface area contributed by atoms with Crippen LogP contribution in [-0.2, 0) is 13.1 Å². The molecule has 0 bridgehead atoms. The summed E-state index contributed by atoms with van der Waals surface area (Å²) in [6, 6.07) is 12.5. The maximum atomic E-state index is 5.96. The lowest BCUT2D eigenvalue weighted by atomic mass is 10.1. The van der Waals surface area contributed by atoms with Gasteiger partial charge in [-0.1, -0.05) is 23.7 Å². The Morgan fingerprint density at radius 1 is 1.08 bits per heavy atom. The van der Waals surface area contributed by atoms with Crippen molar-refractivity contribution in [2.75, 3.05) is 7.05 Å². The number of rotatable bonds is 5. The zero-order valence-corrected chi connectivity index (χ0v) is 15.4. The van der Waals surface area contributed by atoms with Gasteiger partial charge in [0.05, 0.1) is 16.9 Å². The van der Waals surface area contributed by atoms with Crippen LogP contribution in [0.4, 0.5) is 0 Å². The second-order valence-electron chi connectivity index (χ2n) is 6.53. The van der Waals surface area contributed by atoms with E-state index in [0.717, 1.165) is 29.8 Å². The van der Waals surface area contributed by atoms with Crippen molar-refractivity contribution in [3.63, 3.8) is 0 Å². The molecule has 4 aromatic rings. The van der Waals surface area contributed by atoms with Crippen molar-refractivity contribution in [3.05, 3.63) is 70.5 Å². The van der Waals surface area contributed by atoms with E-state index >= 15 is 0 Å². The first-order valence-corrected chi connectivity index (χ1v) is 8.74. The van der Waals surface area contributed by atoms with E-state index in [2.05, 4.69) is 69.7 Å². The molecule has 0 saturated carbocycles. The summed E-state index contributed by atoms with van der Waals surface area (Å²) in [5, 5.41) is 15.8. The van der Waals surface area contributed by atoms with Gasteiger partial charge in [-0.2, -0.15) is 20.5 Å². The fourth-order valence-corrected chi connectivity index (χ4v) is 3.22. The van der Waals surface area contributed by atoms with Crippen LogP contribution in [0.15, 0.2) is 48.8 Å². The molecule has 0 saturated heterocycles. The smallest absolute Gasteiger partial charge is 0.113 e. The largest absolute Gasteiger partial charge is 0.298 e. The van der Waals surface area contributed by atoms with Gasteiger partial charge in [0.25, 0.3) is 0 Å². The Hall–Kier alpha value is -2.70. The highest BCUT2D eigenvalue weighted by Crippen LogP contribution is 2.19. The number of halogens is 1. The molecule has 132 valence electrons. The molecule has 7 heteroatoms. The summed E-state index contributed by atoms with van der Waals surface area (Å²) in [4.78, 5) is 2.29. The molecular formula is C19H19ClN6. The molecule has 0 atom stereocenters. The van der Waals surface area contributed by atoms with E-state index in [4.69, 9.17) is 11.6 Å². The summed E-state index contributed by atoms with van der Waals surface area (Å²) in [6.45, 7) is 3.83. The highest BCUT2D eigenvalue weighted by molar-refractivity contribution is 6.30. The Balaban J connectivity index is 1.47. The second kappa shape index (κ2) is 6.90. The molecule has 2 aromatic carbocycles. The molecule has 0 radical (unpaired) electrons. The van der Waals surface area contributed by atoms with Crippen molar-refractivity contribution < 1.29 is 0 Å². The van der Waals surface area contributed by atoms with E-state index in [0.29, 0.717) is 5.02 Å². The molecule has 1 N–H and O–H groups in total. The molecule has 2 heterocycles. The number of fused-ring (bicyclic) bond motifs is 1. The summed E-state index contributed by atoms with van der Waals surface area (Å²) in [5.41, 5.74) is 6.53. The fraction of sp³-hybridized carbons (Fsp3) is 0.211. The molecule has 2 aromatic heterocycles. The predicted molar refractivity (Wildman–Crippen MR) is 102 cm³/mol. The van der Waals surface area contributed by atoms with Crippen LogP contribution >= 0.6 is 11.6 Å². The molecule has 0 amide bonds. The lowest BCUT2D eigenvalue weighted by Gasteiger charge is -2.18. The van der Waals surface area contributed by atoms with Crippen LogP contribution in [0.1, 0.15) is 16.7 Å². The number of hydrogen-bond donors (Lipinski definition) is 1. The third kappa shape index (κ3) is 3.47. The third-order valence-corrected chi connectivity index (χ3v) is 4.61. The molecule has 0 spiro atoms. The van der Waals surface area contributed by atoms with Gasteiger partial charge < -0.3 is 0 Å². The average molecular weight is 367 g/mol. The average Bonchev–Trinajstić information content (AvgIpc) is 3.25. The Bertz CT molecular complexity index is 1050. The van der Waals surface area contributed by atoms with Crippen molar-refractivity contribution >= 4 is 22.6 Å². The lowest BCUT2D eigenvalue weighted by Crippen LogP contribution is -2.18. The maximum absolute atomic E-state index is 5.96. The van der Waals surface area contributed by atoms with Crippen LogP contribution in [0.25, 0.3) is 16.7 Å². The van der Waals surface area contributed by atoms with Gasteiger partial charge in [0.15, 0.2) is 0 Å². The SMILES string of the molecule is Cc1cc(-n2cc(Cl)cn2)ccc1CN(C)Cc1ccc2n[nH]nc2c1. The van der Waals surface area contributed by atoms with Crippen molar-refractivity contribution in [3.8, 4) is 5.69 Å². The number of nitrogens with zero attached hydrogens (tertiary/aromatic N) is 5. The molecule has 0 aliphatic rings. The van der Waals surface area contributed by atoms with Gasteiger partial charge in [0.1, 0.15) is 11.0 Å². The van der Waals surface area contributed by atoms with Gasteiger partial charge in [-0.05, 0) is 54.9 Å². The minimum Gasteiger partial charge on any atom is -0.298 e. The Kier molecular flexibility index (Phi) is 4.44. The normalized spacial score (nSPS) is 11.5. The number of aromatic nitrogens is 5. The quantitative estimate of drug-likeness (QED) is 0.584. The van der Waals surface area contributed by atoms with Gasteiger partial charge in [0.2, 0.25) is 0 Å². The fourth-order valence-electron chi connectivity index (χ4n) is 3.08. The van der Waals surface area contributed by atoms with E-state index < -0.39 is 0 Å². The Labute approximate surface area is 156 Å². The van der Waals surface area contributed by atoms with Gasteiger partial charge >= 0.3 is 0 Å². The molecule has 6 nitrogen and oxygen atoms in total. The van der Waals surface area contributed by atoms with E-state index in [1.807, 2.05) is 12.3 Å². The van der Waals surface area contributed by atoms with Crippen LogP contribution in [0.5, 0.6) is 0 Å². The van der Waals surface area contributed by atoms with Crippen LogP contribution < -0.4 is 0 Å². The molecular weight excluding hydrogens is 348 g/mol. The number of aryl methyl sites for hydroxylation is 1. The summed E-state index contributed by atoms with van der Waals surface area (Å²) in [7, 11) is 2.12. The first-order valence-electron chi connectivity index (χ1n) is 8.36. The summed E-state index contributed by atoms with van der Waals surface area (Å²) in [5.74, 6) is 0. The van der Waals surface area contributed by atoms with Crippen LogP contribution in [0.2, 0.25) is 5.02 Å². The van der Waals surface area contributed by atoms with Crippen molar-refractivity contribution in [2.45, 2.75) is 20.0 Å². The molecule has 0 aliphatic heterocycles. The first kappa shape index (κ1) is 16.8. The number of benzene rings is 2. The summed E-state index contributed by atoms with van der Waals surface area (Å²) in [6.07, 6.45) is 3.45. The molecule has 26 heavy (non-hydrogen) atoms. The van der Waals surface area contributed by atoms with E-state index in [1.54, 1.807) is 10.9 Å². The Morgan fingerprint density at radius 3 is 2.69 bits per heavy atom. The summed E-state index contributed by atoms with van der Waals surface area (Å²) >= 11 is 5.96. The predicted octanol–water partition coefficient (Wildman–Crippen LogP) is 3.74. The maximum Gasteiger partial charge on any atom is 0.113 e. The van der Waals surface area contributed by atoms with Gasteiger partial charge in [0, 0.05) is 19.3 Å². The second-order valence-corrected chi connectivity index (χ2v) is 6.97. The van der Waals surface area contributed by atoms with Crippen molar-refractivity contribution in [2.24, 2.45) is 0 Å². The molecule has 4 rings (SSSR count). The molecule has 0 aliphatic carbocycles. The third-order valence-electron chi connectivity index (χ3n) is 4.42. The summed E-state index contributed by atoms with van der Waals surface area (Å²) < 4.78 is 1.79. The molecule has 0 fully saturated rings. The monoisotopic (exact) mass is 366 g/mol. The minimum atomic E-state index is 0.635. The number of H-pyrrole nitrogens is 1. The highest BCUT2D eigenvalue weighted by atomic mass is 35.5. The van der Waals surface area contributed by atoms with Gasteiger partial charge in [-0.15, -0.1) is 0 Å². The molecule has 0 unspecified atom stereocenters. The van der Waals surface area contributed by atoms with Crippen LogP contribution in [0.3, 0.4) is 0 Å². The number of hydrogen-bond acceptors (Lipinski definition) is 4. The Morgan fingerprint density at radius 2 is 1.92 bits per heavy atom. The van der Waals surface area contributed by atoms with E-state index in [9.17, 15) is 0 Å². The lowest BCUT2D eigenvalue weighted by molar-refractivity contribution is 0.318.